The Morgan fingerprint density at radius 3 is 2.89 bits per heavy atom. The highest BCUT2D eigenvalue weighted by Gasteiger charge is 2.17. The number of fused-ring (bicyclic) bond motifs is 2. The number of hydrogen-bond acceptors (Lipinski definition) is 5. The lowest BCUT2D eigenvalue weighted by Crippen LogP contribution is -2.18. The summed E-state index contributed by atoms with van der Waals surface area (Å²) in [4.78, 5) is 10.4. The zero-order chi connectivity index (χ0) is 19.1. The molecule has 0 spiro atoms. The first-order valence-electron chi connectivity index (χ1n) is 9.22. The highest BCUT2D eigenvalue weighted by molar-refractivity contribution is 5.78. The van der Waals surface area contributed by atoms with E-state index in [0.29, 0.717) is 0 Å². The first-order chi connectivity index (χ1) is 13.7. The first-order valence-corrected chi connectivity index (χ1v) is 9.22. The number of aromatic nitrogens is 4. The van der Waals surface area contributed by atoms with E-state index in [1.807, 2.05) is 30.5 Å². The average Bonchev–Trinajstić information content (AvgIpc) is 3.40. The van der Waals surface area contributed by atoms with Crippen LogP contribution in [0.15, 0.2) is 42.6 Å². The highest BCUT2D eigenvalue weighted by Crippen LogP contribution is 2.36. The van der Waals surface area contributed by atoms with Crippen LogP contribution in [0.3, 0.4) is 0 Å². The molecule has 4 aromatic rings. The lowest BCUT2D eigenvalue weighted by molar-refractivity contribution is 0.174. The molecule has 1 aliphatic heterocycles. The summed E-state index contributed by atoms with van der Waals surface area (Å²) in [6.45, 7) is 3.82. The van der Waals surface area contributed by atoms with Crippen molar-refractivity contribution in [3.05, 3.63) is 59.5 Å². The van der Waals surface area contributed by atoms with E-state index < -0.39 is 0 Å². The summed E-state index contributed by atoms with van der Waals surface area (Å²) in [5.41, 5.74) is 6.44. The van der Waals surface area contributed by atoms with Gasteiger partial charge in [-0.15, -0.1) is 0 Å². The normalized spacial score (nSPS) is 13.0. The van der Waals surface area contributed by atoms with Gasteiger partial charge in [-0.3, -0.25) is 10.00 Å². The first kappa shape index (κ1) is 16.8. The van der Waals surface area contributed by atoms with Crippen molar-refractivity contribution in [1.82, 2.24) is 25.1 Å². The van der Waals surface area contributed by atoms with E-state index in [4.69, 9.17) is 14.5 Å². The van der Waals surface area contributed by atoms with Crippen LogP contribution >= 0.6 is 0 Å². The van der Waals surface area contributed by atoms with E-state index in [9.17, 15) is 0 Å². The van der Waals surface area contributed by atoms with Gasteiger partial charge in [0.1, 0.15) is 5.82 Å². The van der Waals surface area contributed by atoms with E-state index in [1.165, 1.54) is 5.56 Å². The molecule has 2 aromatic carbocycles. The Labute approximate surface area is 162 Å². The number of ether oxygens (including phenoxy) is 2. The number of nitrogens with zero attached hydrogens (tertiary/aromatic N) is 3. The van der Waals surface area contributed by atoms with Crippen LogP contribution < -0.4 is 9.47 Å². The number of para-hydroxylation sites is 1. The van der Waals surface area contributed by atoms with E-state index in [2.05, 4.69) is 46.2 Å². The van der Waals surface area contributed by atoms with Crippen molar-refractivity contribution >= 4 is 11.0 Å². The molecule has 2 aromatic heterocycles. The molecule has 0 bridgehead atoms. The quantitative estimate of drug-likeness (QED) is 0.557. The van der Waals surface area contributed by atoms with Crippen molar-refractivity contribution in [1.29, 1.82) is 0 Å². The second-order valence-electron chi connectivity index (χ2n) is 7.17. The van der Waals surface area contributed by atoms with Crippen LogP contribution in [0.25, 0.3) is 22.3 Å². The molecule has 7 heteroatoms. The summed E-state index contributed by atoms with van der Waals surface area (Å²) in [7, 11) is 2.08. The molecule has 0 unspecified atom stereocenters. The largest absolute Gasteiger partial charge is 0.454 e. The second kappa shape index (κ2) is 6.69. The third-order valence-electron chi connectivity index (χ3n) is 5.00. The maximum Gasteiger partial charge on any atom is 0.231 e. The minimum atomic E-state index is 0.272. The number of imidazole rings is 1. The molecule has 2 N–H and O–H groups in total. The number of nitrogens with one attached hydrogen (secondary N) is 2. The molecule has 0 atom stereocenters. The van der Waals surface area contributed by atoms with E-state index in [0.717, 1.165) is 58.3 Å². The van der Waals surface area contributed by atoms with Crippen LogP contribution in [0.2, 0.25) is 0 Å². The topological polar surface area (TPSA) is 79.1 Å². The van der Waals surface area contributed by atoms with Crippen molar-refractivity contribution in [3.63, 3.8) is 0 Å². The SMILES string of the molecule is Cc1cccc2[nH]c(CN(C)Cc3cn[nH]c3-c3ccc4c(c3)OCO4)nc12. The van der Waals surface area contributed by atoms with Gasteiger partial charge in [0.2, 0.25) is 6.79 Å². The van der Waals surface area contributed by atoms with Gasteiger partial charge in [-0.05, 0) is 43.8 Å². The Kier molecular flexibility index (Phi) is 4.02. The molecule has 0 aliphatic carbocycles. The maximum absolute atomic E-state index is 5.50. The Morgan fingerprint density at radius 2 is 2.00 bits per heavy atom. The smallest absolute Gasteiger partial charge is 0.231 e. The van der Waals surface area contributed by atoms with Gasteiger partial charge in [0.25, 0.3) is 0 Å². The van der Waals surface area contributed by atoms with Gasteiger partial charge in [0.15, 0.2) is 11.5 Å². The van der Waals surface area contributed by atoms with Gasteiger partial charge in [-0.1, -0.05) is 12.1 Å². The van der Waals surface area contributed by atoms with E-state index >= 15 is 0 Å². The second-order valence-corrected chi connectivity index (χ2v) is 7.17. The highest BCUT2D eigenvalue weighted by atomic mass is 16.7. The van der Waals surface area contributed by atoms with Gasteiger partial charge < -0.3 is 14.5 Å². The molecular weight excluding hydrogens is 354 g/mol. The summed E-state index contributed by atoms with van der Waals surface area (Å²) < 4.78 is 10.9. The molecule has 142 valence electrons. The molecule has 0 saturated heterocycles. The Morgan fingerprint density at radius 1 is 1.11 bits per heavy atom. The monoisotopic (exact) mass is 375 g/mol. The number of benzene rings is 2. The lowest BCUT2D eigenvalue weighted by Gasteiger charge is -2.15. The summed E-state index contributed by atoms with van der Waals surface area (Å²) in [6.07, 6.45) is 1.87. The van der Waals surface area contributed by atoms with E-state index in [-0.39, 0.29) is 6.79 Å². The third kappa shape index (κ3) is 2.99. The van der Waals surface area contributed by atoms with Gasteiger partial charge in [0.05, 0.1) is 29.5 Å². The molecule has 7 nitrogen and oxygen atoms in total. The molecule has 0 radical (unpaired) electrons. The number of aryl methyl sites for hydroxylation is 1. The molecular formula is C21H21N5O2. The summed E-state index contributed by atoms with van der Waals surface area (Å²) in [5, 5.41) is 7.37. The van der Waals surface area contributed by atoms with E-state index in [1.54, 1.807) is 0 Å². The predicted molar refractivity (Wildman–Crippen MR) is 106 cm³/mol. The summed E-state index contributed by atoms with van der Waals surface area (Å²) >= 11 is 0. The Hall–Kier alpha value is -3.32. The zero-order valence-corrected chi connectivity index (χ0v) is 15.8. The van der Waals surface area contributed by atoms with Crippen LogP contribution in [0.4, 0.5) is 0 Å². The minimum Gasteiger partial charge on any atom is -0.454 e. The third-order valence-corrected chi connectivity index (χ3v) is 5.00. The summed E-state index contributed by atoms with van der Waals surface area (Å²) in [5.74, 6) is 2.51. The van der Waals surface area contributed by atoms with Gasteiger partial charge in [-0.2, -0.15) is 5.10 Å². The molecule has 5 rings (SSSR count). The average molecular weight is 375 g/mol. The number of hydrogen-bond donors (Lipinski definition) is 2. The number of aromatic amines is 2. The fourth-order valence-electron chi connectivity index (χ4n) is 3.64. The minimum absolute atomic E-state index is 0.272. The Bertz CT molecular complexity index is 1150. The van der Waals surface area contributed by atoms with Crippen molar-refractivity contribution in [3.8, 4) is 22.8 Å². The van der Waals surface area contributed by atoms with Crippen LogP contribution in [-0.2, 0) is 13.1 Å². The fraction of sp³-hybridized carbons (Fsp3) is 0.238. The molecule has 28 heavy (non-hydrogen) atoms. The number of H-pyrrole nitrogens is 2. The van der Waals surface area contributed by atoms with Crippen molar-refractivity contribution in [2.75, 3.05) is 13.8 Å². The maximum atomic E-state index is 5.50. The fourth-order valence-corrected chi connectivity index (χ4v) is 3.64. The molecule has 0 fully saturated rings. The van der Waals surface area contributed by atoms with Gasteiger partial charge >= 0.3 is 0 Å². The van der Waals surface area contributed by atoms with Crippen LogP contribution in [0.1, 0.15) is 17.0 Å². The van der Waals surface area contributed by atoms with Crippen molar-refractivity contribution in [2.45, 2.75) is 20.0 Å². The molecule has 3 heterocycles. The standard InChI is InChI=1S/C21H21N5O2/c1-13-4-3-5-16-20(13)24-19(23-16)11-26(2)10-15-9-22-25-21(15)14-6-7-17-18(8-14)28-12-27-17/h3-9H,10-12H2,1-2H3,(H,22,25)(H,23,24). The lowest BCUT2D eigenvalue weighted by atomic mass is 10.1. The summed E-state index contributed by atoms with van der Waals surface area (Å²) in [6, 6.07) is 12.1. The number of rotatable bonds is 5. The van der Waals surface area contributed by atoms with Crippen LogP contribution in [0.5, 0.6) is 11.5 Å². The Balaban J connectivity index is 1.35. The van der Waals surface area contributed by atoms with Gasteiger partial charge in [0, 0.05) is 17.7 Å². The van der Waals surface area contributed by atoms with Gasteiger partial charge in [-0.25, -0.2) is 4.98 Å². The zero-order valence-electron chi connectivity index (χ0n) is 15.8. The predicted octanol–water partition coefficient (Wildman–Crippen LogP) is 3.62. The van der Waals surface area contributed by atoms with Crippen LogP contribution in [0, 0.1) is 6.92 Å². The molecule has 0 saturated carbocycles. The van der Waals surface area contributed by atoms with Crippen molar-refractivity contribution in [2.24, 2.45) is 0 Å². The molecule has 1 aliphatic rings. The van der Waals surface area contributed by atoms with Crippen molar-refractivity contribution < 1.29 is 9.47 Å². The molecule has 0 amide bonds. The van der Waals surface area contributed by atoms with Crippen LogP contribution in [-0.4, -0.2) is 38.9 Å².